The van der Waals surface area contributed by atoms with Gasteiger partial charge in [0.25, 0.3) is 5.91 Å². The van der Waals surface area contributed by atoms with Gasteiger partial charge in [0, 0.05) is 26.1 Å². The Morgan fingerprint density at radius 3 is 2.02 bits per heavy atom. The van der Waals surface area contributed by atoms with Gasteiger partial charge in [0.15, 0.2) is 0 Å². The highest BCUT2D eigenvalue weighted by atomic mass is 16.2. The van der Waals surface area contributed by atoms with Crippen LogP contribution in [0.1, 0.15) is 51.2 Å². The highest BCUT2D eigenvalue weighted by Gasteiger charge is 2.31. The van der Waals surface area contributed by atoms with Crippen LogP contribution >= 0.6 is 0 Å². The van der Waals surface area contributed by atoms with Crippen molar-refractivity contribution in [3.8, 4) is 0 Å². The summed E-state index contributed by atoms with van der Waals surface area (Å²) in [7, 11) is 0. The molecule has 0 aliphatic carbocycles. The number of benzene rings is 2. The first-order valence-corrected chi connectivity index (χ1v) is 16.8. The number of carbonyl (C=O) groups is 4. The van der Waals surface area contributed by atoms with E-state index in [1.54, 1.807) is 11.0 Å². The molecule has 0 unspecified atom stereocenters. The summed E-state index contributed by atoms with van der Waals surface area (Å²) in [5, 5.41) is 8.53. The van der Waals surface area contributed by atoms with Gasteiger partial charge in [-0.2, -0.15) is 0 Å². The van der Waals surface area contributed by atoms with E-state index in [9.17, 15) is 19.2 Å². The average Bonchev–Trinajstić information content (AvgIpc) is 3.32. The number of hydrogen-bond acceptors (Lipinski definition) is 7. The molecule has 1 aliphatic rings. The molecule has 0 spiro atoms. The van der Waals surface area contributed by atoms with Crippen LogP contribution in [0.25, 0.3) is 0 Å². The van der Waals surface area contributed by atoms with Gasteiger partial charge in [-0.05, 0) is 62.4 Å². The molecule has 7 N–H and O–H groups in total. The lowest BCUT2D eigenvalue weighted by molar-refractivity contribution is -0.133. The summed E-state index contributed by atoms with van der Waals surface area (Å²) in [6.45, 7) is 10.0. The lowest BCUT2D eigenvalue weighted by atomic mass is 10.00. The molecule has 0 aromatic heterocycles. The summed E-state index contributed by atoms with van der Waals surface area (Å²) >= 11 is 0. The molecule has 1 fully saturated rings. The van der Waals surface area contributed by atoms with Crippen molar-refractivity contribution in [1.82, 2.24) is 25.8 Å². The highest BCUT2D eigenvalue weighted by Crippen LogP contribution is 2.12. The van der Waals surface area contributed by atoms with Gasteiger partial charge in [0.2, 0.25) is 17.7 Å². The van der Waals surface area contributed by atoms with Crippen molar-refractivity contribution in [3.05, 3.63) is 83.6 Å². The fraction of sp³-hybridized carbons (Fsp3) is 0.500. The topological polar surface area (TPSA) is 163 Å². The number of nitrogens with one attached hydrogen (secondary N) is 3. The molecular formula is C36H53N7O4. The number of rotatable bonds is 16. The van der Waals surface area contributed by atoms with Crippen molar-refractivity contribution >= 4 is 23.6 Å². The molecule has 1 aliphatic heterocycles. The maximum absolute atomic E-state index is 13.8. The van der Waals surface area contributed by atoms with Gasteiger partial charge in [0.05, 0.1) is 6.04 Å². The fourth-order valence-electron chi connectivity index (χ4n) is 5.57. The van der Waals surface area contributed by atoms with Crippen molar-refractivity contribution in [3.63, 3.8) is 0 Å². The van der Waals surface area contributed by atoms with E-state index in [-0.39, 0.29) is 23.9 Å². The standard InChI is InChI=1S/C36H53N7O4/c1-4-42-19-12-20-43(22-21-42)36(47)30(17-11-18-37)39-34(45)31(23-26(2)3)41-35(46)32(25-28-15-9-6-10-16-28)40-33(44)29(38)24-27-13-7-5-8-14-27/h5-10,13-17,26,29,31-32H,4,11-12,18-25,37-38H2,1-3H3,(H,39,45)(H,40,44)(H,41,46)/b30-17+/t29-,31-,32-/m1/s1. The maximum atomic E-state index is 13.8. The molecule has 2 aromatic rings. The normalized spacial score (nSPS) is 16.1. The molecule has 1 saturated heterocycles. The Balaban J connectivity index is 1.77. The van der Waals surface area contributed by atoms with Crippen LogP contribution in [-0.4, -0.2) is 90.8 Å². The van der Waals surface area contributed by atoms with Gasteiger partial charge in [-0.25, -0.2) is 0 Å². The number of nitrogens with two attached hydrogens (primary N) is 2. The minimum Gasteiger partial charge on any atom is -0.343 e. The molecular weight excluding hydrogens is 594 g/mol. The molecule has 0 radical (unpaired) electrons. The second-order valence-corrected chi connectivity index (χ2v) is 12.5. The van der Waals surface area contributed by atoms with Crippen molar-refractivity contribution in [1.29, 1.82) is 0 Å². The van der Waals surface area contributed by atoms with E-state index in [1.165, 1.54) is 0 Å². The van der Waals surface area contributed by atoms with Crippen LogP contribution in [-0.2, 0) is 32.0 Å². The molecule has 0 saturated carbocycles. The maximum Gasteiger partial charge on any atom is 0.270 e. The van der Waals surface area contributed by atoms with Gasteiger partial charge in [-0.15, -0.1) is 0 Å². The molecule has 3 rings (SSSR count). The minimum absolute atomic E-state index is 0.0466. The summed E-state index contributed by atoms with van der Waals surface area (Å²) < 4.78 is 0. The summed E-state index contributed by atoms with van der Waals surface area (Å²) in [6.07, 6.45) is 3.74. The second-order valence-electron chi connectivity index (χ2n) is 12.5. The molecule has 11 nitrogen and oxygen atoms in total. The Morgan fingerprint density at radius 2 is 1.43 bits per heavy atom. The quantitative estimate of drug-likeness (QED) is 0.173. The molecule has 11 heteroatoms. The molecule has 256 valence electrons. The zero-order valence-electron chi connectivity index (χ0n) is 28.1. The number of nitrogens with zero attached hydrogens (tertiary/aromatic N) is 2. The van der Waals surface area contributed by atoms with E-state index in [2.05, 4.69) is 27.8 Å². The first-order chi connectivity index (χ1) is 22.6. The van der Waals surface area contributed by atoms with Crippen LogP contribution in [0.5, 0.6) is 0 Å². The average molecular weight is 648 g/mol. The van der Waals surface area contributed by atoms with Crippen LogP contribution in [0.2, 0.25) is 0 Å². The van der Waals surface area contributed by atoms with Crippen molar-refractivity contribution < 1.29 is 19.2 Å². The number of hydrogen-bond donors (Lipinski definition) is 5. The number of carbonyl (C=O) groups excluding carboxylic acids is 4. The summed E-state index contributed by atoms with van der Waals surface area (Å²) in [5.74, 6) is -1.70. The monoisotopic (exact) mass is 647 g/mol. The molecule has 4 amide bonds. The lowest BCUT2D eigenvalue weighted by Crippen LogP contribution is -2.57. The SMILES string of the molecule is CCN1CCCN(C(=O)/C(=C\CCN)NC(=O)[C@@H](CC(C)C)NC(=O)[C@@H](Cc2ccccc2)NC(=O)[C@H](N)Cc2ccccc2)CC1. The Hall–Kier alpha value is -4.06. The zero-order chi connectivity index (χ0) is 34.2. The van der Waals surface area contributed by atoms with Gasteiger partial charge >= 0.3 is 0 Å². The Kier molecular flexibility index (Phi) is 15.6. The fourth-order valence-corrected chi connectivity index (χ4v) is 5.57. The largest absolute Gasteiger partial charge is 0.343 e. The molecule has 1 heterocycles. The van der Waals surface area contributed by atoms with Crippen LogP contribution in [0.4, 0.5) is 0 Å². The van der Waals surface area contributed by atoms with E-state index >= 15 is 0 Å². The predicted molar refractivity (Wildman–Crippen MR) is 185 cm³/mol. The highest BCUT2D eigenvalue weighted by molar-refractivity contribution is 6.00. The number of likely N-dealkylation sites (N-methyl/N-ethyl adjacent to an activating group) is 1. The Labute approximate surface area is 279 Å². The van der Waals surface area contributed by atoms with Gasteiger partial charge in [-0.1, -0.05) is 87.5 Å². The Morgan fingerprint density at radius 1 is 0.809 bits per heavy atom. The third kappa shape index (κ3) is 12.6. The van der Waals surface area contributed by atoms with Crippen LogP contribution in [0.3, 0.4) is 0 Å². The van der Waals surface area contributed by atoms with Crippen LogP contribution < -0.4 is 27.4 Å². The van der Waals surface area contributed by atoms with Crippen LogP contribution in [0.15, 0.2) is 72.4 Å². The van der Waals surface area contributed by atoms with Crippen LogP contribution in [0, 0.1) is 5.92 Å². The van der Waals surface area contributed by atoms with E-state index in [1.807, 2.05) is 74.5 Å². The molecule has 2 aromatic carbocycles. The van der Waals surface area contributed by atoms with Gasteiger partial charge < -0.3 is 37.2 Å². The summed E-state index contributed by atoms with van der Waals surface area (Å²) in [5.41, 5.74) is 13.9. The Bertz CT molecular complexity index is 1320. The number of amides is 4. The van der Waals surface area contributed by atoms with E-state index < -0.39 is 35.8 Å². The third-order valence-corrected chi connectivity index (χ3v) is 8.22. The molecule has 3 atom stereocenters. The third-order valence-electron chi connectivity index (χ3n) is 8.22. The first kappa shape index (κ1) is 37.4. The minimum atomic E-state index is -0.985. The van der Waals surface area contributed by atoms with E-state index in [4.69, 9.17) is 11.5 Å². The summed E-state index contributed by atoms with van der Waals surface area (Å²) in [6, 6.07) is 16.0. The van der Waals surface area contributed by atoms with Crippen molar-refractivity contribution in [2.75, 3.05) is 39.3 Å². The molecule has 47 heavy (non-hydrogen) atoms. The van der Waals surface area contributed by atoms with Gasteiger partial charge in [0.1, 0.15) is 17.8 Å². The smallest absolute Gasteiger partial charge is 0.270 e. The van der Waals surface area contributed by atoms with E-state index in [0.29, 0.717) is 38.9 Å². The second kappa shape index (κ2) is 19.6. The van der Waals surface area contributed by atoms with Gasteiger partial charge in [-0.3, -0.25) is 19.2 Å². The van der Waals surface area contributed by atoms with Crippen molar-refractivity contribution in [2.24, 2.45) is 17.4 Å². The van der Waals surface area contributed by atoms with Crippen molar-refractivity contribution in [2.45, 2.75) is 71.0 Å². The zero-order valence-corrected chi connectivity index (χ0v) is 28.1. The first-order valence-electron chi connectivity index (χ1n) is 16.8. The lowest BCUT2D eigenvalue weighted by Gasteiger charge is -2.27. The molecule has 0 bridgehead atoms. The predicted octanol–water partition coefficient (Wildman–Crippen LogP) is 1.72. The van der Waals surface area contributed by atoms with E-state index in [0.717, 1.165) is 37.2 Å². The summed E-state index contributed by atoms with van der Waals surface area (Å²) in [4.78, 5) is 58.5.